The van der Waals surface area contributed by atoms with Crippen LogP contribution in [0, 0.1) is 6.92 Å². The Labute approximate surface area is 195 Å². The van der Waals surface area contributed by atoms with E-state index in [2.05, 4.69) is 64.8 Å². The summed E-state index contributed by atoms with van der Waals surface area (Å²) in [5.41, 5.74) is 5.98. The van der Waals surface area contributed by atoms with Crippen LogP contribution in [0.3, 0.4) is 0 Å². The van der Waals surface area contributed by atoms with Crippen molar-refractivity contribution in [3.63, 3.8) is 0 Å². The van der Waals surface area contributed by atoms with Gasteiger partial charge in [-0.3, -0.25) is 14.7 Å². The highest BCUT2D eigenvalue weighted by Crippen LogP contribution is 2.39. The van der Waals surface area contributed by atoms with Crippen molar-refractivity contribution in [2.45, 2.75) is 51.7 Å². The van der Waals surface area contributed by atoms with Crippen molar-refractivity contribution in [1.82, 2.24) is 19.8 Å². The maximum Gasteiger partial charge on any atom is 0.236 e. The molecular weight excluding hydrogens is 412 g/mol. The number of rotatable bonds is 4. The molecule has 1 aromatic carbocycles. The van der Waals surface area contributed by atoms with E-state index in [1.54, 1.807) is 0 Å². The van der Waals surface area contributed by atoms with Gasteiger partial charge in [0.25, 0.3) is 0 Å². The molecule has 2 saturated heterocycles. The zero-order valence-electron chi connectivity index (χ0n) is 19.9. The summed E-state index contributed by atoms with van der Waals surface area (Å²) in [6.45, 7) is 10.0. The molecule has 0 spiro atoms. The van der Waals surface area contributed by atoms with Crippen molar-refractivity contribution < 1.29 is 9.53 Å². The summed E-state index contributed by atoms with van der Waals surface area (Å²) >= 11 is 0. The van der Waals surface area contributed by atoms with E-state index >= 15 is 0 Å². The number of morpholine rings is 1. The lowest BCUT2D eigenvalue weighted by Crippen LogP contribution is -2.51. The fourth-order valence-corrected chi connectivity index (χ4v) is 5.60. The molecule has 0 bridgehead atoms. The molecule has 0 unspecified atom stereocenters. The molecule has 2 aromatic heterocycles. The number of carbonyl (C=O) groups is 1. The number of piperidine rings is 1. The Morgan fingerprint density at radius 1 is 1.18 bits per heavy atom. The topological polar surface area (TPSA) is 61.5 Å². The first kappa shape index (κ1) is 22.1. The first-order valence-electron chi connectivity index (χ1n) is 12.2. The van der Waals surface area contributed by atoms with Crippen LogP contribution in [0.25, 0.3) is 22.0 Å². The van der Waals surface area contributed by atoms with E-state index < -0.39 is 0 Å². The average Bonchev–Trinajstić information content (AvgIpc) is 3.17. The molecule has 3 atom stereocenters. The van der Waals surface area contributed by atoms with Gasteiger partial charge in [0.2, 0.25) is 5.91 Å². The molecule has 1 N–H and O–H groups in total. The lowest BCUT2D eigenvalue weighted by molar-refractivity contribution is -0.137. The minimum Gasteiger partial charge on any atom is -0.373 e. The molecule has 0 saturated carbocycles. The summed E-state index contributed by atoms with van der Waals surface area (Å²) in [5.74, 6) is 0.518. The maximum atomic E-state index is 13.3. The largest absolute Gasteiger partial charge is 0.373 e. The van der Waals surface area contributed by atoms with Gasteiger partial charge in [-0.1, -0.05) is 17.7 Å². The van der Waals surface area contributed by atoms with Gasteiger partial charge < -0.3 is 14.6 Å². The average molecular weight is 447 g/mol. The molecule has 33 heavy (non-hydrogen) atoms. The Hall–Kier alpha value is -2.70. The second-order valence-corrected chi connectivity index (χ2v) is 9.83. The van der Waals surface area contributed by atoms with Crippen molar-refractivity contribution in [2.75, 3.05) is 32.7 Å². The normalized spacial score (nSPS) is 24.3. The Bertz CT molecular complexity index is 1120. The highest BCUT2D eigenvalue weighted by molar-refractivity contribution is 5.98. The Kier molecular flexibility index (Phi) is 6.21. The van der Waals surface area contributed by atoms with Crippen LogP contribution in [0.5, 0.6) is 0 Å². The third kappa shape index (κ3) is 4.68. The molecule has 4 heterocycles. The predicted molar refractivity (Wildman–Crippen MR) is 131 cm³/mol. The third-order valence-electron chi connectivity index (χ3n) is 6.97. The molecule has 6 nitrogen and oxygen atoms in total. The van der Waals surface area contributed by atoms with Gasteiger partial charge in [0, 0.05) is 72.2 Å². The first-order valence-corrected chi connectivity index (χ1v) is 12.2. The molecule has 3 aromatic rings. The van der Waals surface area contributed by atoms with Gasteiger partial charge in [-0.25, -0.2) is 0 Å². The molecule has 1 amide bonds. The number of aromatic nitrogens is 2. The molecule has 174 valence electrons. The number of pyridine rings is 1. The summed E-state index contributed by atoms with van der Waals surface area (Å²) < 4.78 is 5.83. The monoisotopic (exact) mass is 446 g/mol. The molecule has 2 aliphatic rings. The van der Waals surface area contributed by atoms with Crippen molar-refractivity contribution in [1.29, 1.82) is 0 Å². The number of H-pyrrole nitrogens is 1. The van der Waals surface area contributed by atoms with E-state index in [0.29, 0.717) is 6.54 Å². The predicted octanol–water partition coefficient (Wildman–Crippen LogP) is 4.35. The number of likely N-dealkylation sites (tertiary alicyclic amines) is 1. The number of hydrogen-bond acceptors (Lipinski definition) is 4. The Morgan fingerprint density at radius 2 is 2.00 bits per heavy atom. The number of ether oxygens (including phenoxy) is 1. The van der Waals surface area contributed by atoms with E-state index in [9.17, 15) is 4.79 Å². The SMILES string of the molecule is Cc1ccc2[nH]c([C@@H]3CCCN(C(=O)CN4C[C@H](C)O[C@@H](C)C4)C3)c(-c3cccnc3)c2c1. The number of aryl methyl sites for hydroxylation is 1. The number of fused-ring (bicyclic) bond motifs is 1. The standard InChI is InChI=1S/C27H34N4O2/c1-18-8-9-24-23(12-18)26(21-6-4-10-28-13-21)27(29-24)22-7-5-11-31(16-22)25(32)17-30-14-19(2)33-20(3)15-30/h4,6,8-10,12-13,19-20,22,29H,5,7,11,14-17H2,1-3H3/t19-,20-,22+/m0/s1. The van der Waals surface area contributed by atoms with Crippen LogP contribution in [-0.4, -0.2) is 70.6 Å². The van der Waals surface area contributed by atoms with Crippen LogP contribution in [-0.2, 0) is 9.53 Å². The van der Waals surface area contributed by atoms with Crippen LogP contribution in [0.2, 0.25) is 0 Å². The quantitative estimate of drug-likeness (QED) is 0.647. The van der Waals surface area contributed by atoms with Gasteiger partial charge in [-0.05, 0) is 51.8 Å². The van der Waals surface area contributed by atoms with Crippen LogP contribution in [0.1, 0.15) is 43.9 Å². The Balaban J connectivity index is 1.40. The number of hydrogen-bond donors (Lipinski definition) is 1. The summed E-state index contributed by atoms with van der Waals surface area (Å²) in [6, 6.07) is 10.7. The summed E-state index contributed by atoms with van der Waals surface area (Å²) in [6.07, 6.45) is 6.21. The zero-order chi connectivity index (χ0) is 22.9. The van der Waals surface area contributed by atoms with E-state index in [4.69, 9.17) is 4.74 Å². The molecule has 0 radical (unpaired) electrons. The number of aromatic amines is 1. The molecule has 2 aliphatic heterocycles. The van der Waals surface area contributed by atoms with Crippen molar-refractivity contribution in [2.24, 2.45) is 0 Å². The minimum absolute atomic E-state index is 0.174. The second-order valence-electron chi connectivity index (χ2n) is 9.83. The van der Waals surface area contributed by atoms with Crippen LogP contribution < -0.4 is 0 Å². The van der Waals surface area contributed by atoms with E-state index in [1.165, 1.54) is 22.2 Å². The lowest BCUT2D eigenvalue weighted by atomic mass is 9.89. The van der Waals surface area contributed by atoms with E-state index in [-0.39, 0.29) is 24.0 Å². The molecule has 0 aliphatic carbocycles. The highest BCUT2D eigenvalue weighted by atomic mass is 16.5. The van der Waals surface area contributed by atoms with Crippen molar-refractivity contribution in [3.8, 4) is 11.1 Å². The van der Waals surface area contributed by atoms with E-state index in [1.807, 2.05) is 18.5 Å². The number of benzene rings is 1. The number of nitrogens with zero attached hydrogens (tertiary/aromatic N) is 3. The summed E-state index contributed by atoms with van der Waals surface area (Å²) in [7, 11) is 0. The van der Waals surface area contributed by atoms with Crippen LogP contribution in [0.4, 0.5) is 0 Å². The fraction of sp³-hybridized carbons (Fsp3) is 0.481. The van der Waals surface area contributed by atoms with E-state index in [0.717, 1.165) is 50.1 Å². The molecular formula is C27H34N4O2. The van der Waals surface area contributed by atoms with Gasteiger partial charge in [-0.15, -0.1) is 0 Å². The molecule has 6 heteroatoms. The smallest absolute Gasteiger partial charge is 0.236 e. The van der Waals surface area contributed by atoms with Crippen LogP contribution >= 0.6 is 0 Å². The van der Waals surface area contributed by atoms with Crippen molar-refractivity contribution in [3.05, 3.63) is 54.0 Å². The fourth-order valence-electron chi connectivity index (χ4n) is 5.60. The van der Waals surface area contributed by atoms with Gasteiger partial charge in [0.1, 0.15) is 0 Å². The molecule has 5 rings (SSSR count). The van der Waals surface area contributed by atoms with Crippen LogP contribution in [0.15, 0.2) is 42.7 Å². The maximum absolute atomic E-state index is 13.3. The highest BCUT2D eigenvalue weighted by Gasteiger charge is 2.31. The second kappa shape index (κ2) is 9.27. The lowest BCUT2D eigenvalue weighted by Gasteiger charge is -2.38. The van der Waals surface area contributed by atoms with Gasteiger partial charge in [0.05, 0.1) is 18.8 Å². The minimum atomic E-state index is 0.174. The number of nitrogens with one attached hydrogen (secondary N) is 1. The molecule has 2 fully saturated rings. The van der Waals surface area contributed by atoms with Gasteiger partial charge in [0.15, 0.2) is 0 Å². The first-order chi connectivity index (χ1) is 16.0. The van der Waals surface area contributed by atoms with Gasteiger partial charge in [-0.2, -0.15) is 0 Å². The van der Waals surface area contributed by atoms with Gasteiger partial charge >= 0.3 is 0 Å². The van der Waals surface area contributed by atoms with Crippen molar-refractivity contribution >= 4 is 16.8 Å². The Morgan fingerprint density at radius 3 is 2.76 bits per heavy atom. The summed E-state index contributed by atoms with van der Waals surface area (Å²) in [4.78, 5) is 25.7. The summed E-state index contributed by atoms with van der Waals surface area (Å²) in [5, 5.41) is 1.23. The number of carbonyl (C=O) groups excluding carboxylic acids is 1. The zero-order valence-corrected chi connectivity index (χ0v) is 19.9. The third-order valence-corrected chi connectivity index (χ3v) is 6.97. The number of amides is 1.